The molecule has 28 heavy (non-hydrogen) atoms. The highest BCUT2D eigenvalue weighted by Gasteiger charge is 2.32. The Hall–Kier alpha value is -0.980. The molecule has 0 amide bonds. The van der Waals surface area contributed by atoms with Gasteiger partial charge in [0.05, 0.1) is 25.4 Å². The van der Waals surface area contributed by atoms with Crippen LogP contribution in [-0.4, -0.2) is 41.6 Å². The number of aliphatic hydroxyl groups excluding tert-OH is 2. The van der Waals surface area contributed by atoms with Gasteiger partial charge in [-0.15, -0.1) is 0 Å². The molecule has 160 valence electrons. The molecule has 2 aliphatic rings. The SMILES string of the molecule is CC1OC(O)C[C@@H](C)[C@H]1C.C[C@@H]1CC(O)OC(COCc2ccccc2)[C@H]1C. The van der Waals surface area contributed by atoms with Crippen LogP contribution in [0.15, 0.2) is 30.3 Å². The molecule has 1 aromatic rings. The van der Waals surface area contributed by atoms with Crippen LogP contribution in [0.4, 0.5) is 0 Å². The summed E-state index contributed by atoms with van der Waals surface area (Å²) in [6.07, 6.45) is 0.538. The van der Waals surface area contributed by atoms with Gasteiger partial charge in [-0.3, -0.25) is 0 Å². The Kier molecular flexibility index (Phi) is 9.38. The van der Waals surface area contributed by atoms with Gasteiger partial charge < -0.3 is 24.4 Å². The van der Waals surface area contributed by atoms with Crippen LogP contribution in [0.5, 0.6) is 0 Å². The second kappa shape index (κ2) is 11.3. The standard InChI is InChI=1S/C15H22O3.C8H16O2/c1-11-8-15(16)18-14(12(11)2)10-17-9-13-6-4-3-5-7-13;1-5-4-8(9)10-7(3)6(5)2/h3-7,11-12,14-16H,8-10H2,1-2H3;5-9H,4H2,1-3H3/t11-,12+,14?,15?;5-,6-,7?,8?/m11/s1. The van der Waals surface area contributed by atoms with E-state index in [4.69, 9.17) is 19.3 Å². The molecule has 0 aromatic heterocycles. The summed E-state index contributed by atoms with van der Waals surface area (Å²) < 4.78 is 16.5. The van der Waals surface area contributed by atoms with E-state index in [9.17, 15) is 5.11 Å². The molecule has 0 aliphatic carbocycles. The second-order valence-corrected chi connectivity index (χ2v) is 8.57. The molecule has 0 spiro atoms. The van der Waals surface area contributed by atoms with E-state index in [-0.39, 0.29) is 12.2 Å². The Morgan fingerprint density at radius 2 is 1.43 bits per heavy atom. The van der Waals surface area contributed by atoms with E-state index in [0.717, 1.165) is 18.4 Å². The van der Waals surface area contributed by atoms with Gasteiger partial charge in [0.1, 0.15) is 0 Å². The first-order valence-electron chi connectivity index (χ1n) is 10.6. The Morgan fingerprint density at radius 1 is 0.857 bits per heavy atom. The van der Waals surface area contributed by atoms with Gasteiger partial charge >= 0.3 is 0 Å². The zero-order valence-corrected chi connectivity index (χ0v) is 18.0. The van der Waals surface area contributed by atoms with Crippen molar-refractivity contribution in [1.29, 1.82) is 0 Å². The number of aliphatic hydroxyl groups is 2. The molecule has 2 aliphatic heterocycles. The van der Waals surface area contributed by atoms with Crippen molar-refractivity contribution in [3.8, 4) is 0 Å². The Labute approximate surface area is 170 Å². The smallest absolute Gasteiger partial charge is 0.155 e. The molecule has 2 heterocycles. The van der Waals surface area contributed by atoms with Crippen LogP contribution in [0.1, 0.15) is 53.0 Å². The van der Waals surface area contributed by atoms with E-state index in [2.05, 4.69) is 27.7 Å². The van der Waals surface area contributed by atoms with Crippen molar-refractivity contribution in [1.82, 2.24) is 0 Å². The highest BCUT2D eigenvalue weighted by Crippen LogP contribution is 2.30. The summed E-state index contributed by atoms with van der Waals surface area (Å²) in [6, 6.07) is 10.1. The molecule has 3 rings (SSSR count). The minimum atomic E-state index is -0.637. The fourth-order valence-electron chi connectivity index (χ4n) is 3.76. The molecule has 0 radical (unpaired) electrons. The zero-order valence-electron chi connectivity index (χ0n) is 18.0. The Balaban J connectivity index is 0.000000237. The lowest BCUT2D eigenvalue weighted by atomic mass is 9.86. The van der Waals surface area contributed by atoms with Gasteiger partial charge in [-0.2, -0.15) is 0 Å². The van der Waals surface area contributed by atoms with Gasteiger partial charge in [0.15, 0.2) is 12.6 Å². The average Bonchev–Trinajstić information content (AvgIpc) is 2.65. The summed E-state index contributed by atoms with van der Waals surface area (Å²) in [5, 5.41) is 18.8. The molecule has 5 heteroatoms. The first kappa shape index (κ1) is 23.3. The van der Waals surface area contributed by atoms with Gasteiger partial charge in [0.25, 0.3) is 0 Å². The summed E-state index contributed by atoms with van der Waals surface area (Å²) in [6.45, 7) is 11.8. The van der Waals surface area contributed by atoms with Crippen molar-refractivity contribution in [2.24, 2.45) is 23.7 Å². The van der Waals surface area contributed by atoms with Crippen LogP contribution in [0, 0.1) is 23.7 Å². The van der Waals surface area contributed by atoms with Crippen LogP contribution in [-0.2, 0) is 20.8 Å². The highest BCUT2D eigenvalue weighted by molar-refractivity contribution is 5.13. The molecule has 2 saturated heterocycles. The third-order valence-corrected chi connectivity index (χ3v) is 6.37. The van der Waals surface area contributed by atoms with E-state index in [0.29, 0.717) is 36.9 Å². The quantitative estimate of drug-likeness (QED) is 0.809. The molecule has 8 atom stereocenters. The first-order valence-corrected chi connectivity index (χ1v) is 10.6. The lowest BCUT2D eigenvalue weighted by Crippen LogP contribution is -2.41. The van der Waals surface area contributed by atoms with E-state index < -0.39 is 12.6 Å². The average molecular weight is 395 g/mol. The van der Waals surface area contributed by atoms with Crippen LogP contribution < -0.4 is 0 Å². The fourth-order valence-corrected chi connectivity index (χ4v) is 3.76. The predicted molar refractivity (Wildman–Crippen MR) is 109 cm³/mol. The number of hydrogen-bond donors (Lipinski definition) is 2. The first-order chi connectivity index (χ1) is 13.3. The van der Waals surface area contributed by atoms with Gasteiger partial charge in [-0.1, -0.05) is 58.0 Å². The number of rotatable bonds is 4. The molecule has 5 nitrogen and oxygen atoms in total. The Bertz CT molecular complexity index is 539. The van der Waals surface area contributed by atoms with Crippen molar-refractivity contribution in [2.45, 2.75) is 78.9 Å². The topological polar surface area (TPSA) is 68.2 Å². The molecule has 2 N–H and O–H groups in total. The lowest BCUT2D eigenvalue weighted by molar-refractivity contribution is -0.209. The van der Waals surface area contributed by atoms with Crippen molar-refractivity contribution in [2.75, 3.05) is 6.61 Å². The number of ether oxygens (including phenoxy) is 3. The van der Waals surface area contributed by atoms with Crippen molar-refractivity contribution in [3.05, 3.63) is 35.9 Å². The fraction of sp³-hybridized carbons (Fsp3) is 0.739. The minimum Gasteiger partial charge on any atom is -0.374 e. The van der Waals surface area contributed by atoms with Crippen molar-refractivity contribution >= 4 is 0 Å². The maximum Gasteiger partial charge on any atom is 0.155 e. The van der Waals surface area contributed by atoms with Crippen LogP contribution in [0.25, 0.3) is 0 Å². The van der Waals surface area contributed by atoms with Gasteiger partial charge in [-0.05, 0) is 36.2 Å². The molecule has 4 unspecified atom stereocenters. The van der Waals surface area contributed by atoms with E-state index in [1.54, 1.807) is 0 Å². The van der Waals surface area contributed by atoms with E-state index in [1.807, 2.05) is 37.3 Å². The predicted octanol–water partition coefficient (Wildman–Crippen LogP) is 3.97. The largest absolute Gasteiger partial charge is 0.374 e. The number of hydrogen-bond acceptors (Lipinski definition) is 5. The monoisotopic (exact) mass is 394 g/mol. The molecule has 1 aromatic carbocycles. The summed E-state index contributed by atoms with van der Waals surface area (Å²) in [4.78, 5) is 0. The number of benzene rings is 1. The van der Waals surface area contributed by atoms with E-state index in [1.165, 1.54) is 0 Å². The van der Waals surface area contributed by atoms with Crippen LogP contribution in [0.2, 0.25) is 0 Å². The zero-order chi connectivity index (χ0) is 20.7. The summed E-state index contributed by atoms with van der Waals surface area (Å²) >= 11 is 0. The summed E-state index contributed by atoms with van der Waals surface area (Å²) in [7, 11) is 0. The normalized spacial score (nSPS) is 38.4. The van der Waals surface area contributed by atoms with Gasteiger partial charge in [0.2, 0.25) is 0 Å². The molecule has 0 saturated carbocycles. The van der Waals surface area contributed by atoms with Gasteiger partial charge in [0, 0.05) is 12.8 Å². The highest BCUT2D eigenvalue weighted by atomic mass is 16.6. The second-order valence-electron chi connectivity index (χ2n) is 8.57. The van der Waals surface area contributed by atoms with Crippen LogP contribution >= 0.6 is 0 Å². The van der Waals surface area contributed by atoms with Crippen molar-refractivity contribution in [3.63, 3.8) is 0 Å². The summed E-state index contributed by atoms with van der Waals surface area (Å²) in [5.41, 5.74) is 1.16. The summed E-state index contributed by atoms with van der Waals surface area (Å²) in [5.74, 6) is 2.05. The molecule has 0 bridgehead atoms. The molecule has 2 fully saturated rings. The Morgan fingerprint density at radius 3 is 2.04 bits per heavy atom. The maximum atomic E-state index is 9.61. The van der Waals surface area contributed by atoms with Crippen molar-refractivity contribution < 1.29 is 24.4 Å². The molecular weight excluding hydrogens is 356 g/mol. The van der Waals surface area contributed by atoms with E-state index >= 15 is 0 Å². The lowest BCUT2D eigenvalue weighted by Gasteiger charge is -2.36. The minimum absolute atomic E-state index is 0.00698. The maximum absolute atomic E-state index is 9.61. The third-order valence-electron chi connectivity index (χ3n) is 6.37. The van der Waals surface area contributed by atoms with Crippen LogP contribution in [0.3, 0.4) is 0 Å². The third kappa shape index (κ3) is 7.12. The van der Waals surface area contributed by atoms with Gasteiger partial charge in [-0.25, -0.2) is 0 Å². The molecular formula is C23H38O5.